The summed E-state index contributed by atoms with van der Waals surface area (Å²) < 4.78 is 30.1. The number of para-hydroxylation sites is 1. The van der Waals surface area contributed by atoms with E-state index >= 15 is 4.79 Å². The maximum absolute atomic E-state index is 15.2. The molecule has 15 nitrogen and oxygen atoms in total. The molecule has 3 fully saturated rings. The highest BCUT2D eigenvalue weighted by Gasteiger charge is 2.67. The van der Waals surface area contributed by atoms with E-state index in [0.717, 1.165) is 24.2 Å². The number of aliphatic hydroxyl groups is 1. The van der Waals surface area contributed by atoms with Gasteiger partial charge in [0.25, 0.3) is 0 Å². The molecule has 1 saturated heterocycles. The summed E-state index contributed by atoms with van der Waals surface area (Å²) in [6.07, 6.45) is -1.45. The molecule has 5 aliphatic rings. The number of ether oxygens (including phenoxy) is 5. The second kappa shape index (κ2) is 16.3. The van der Waals surface area contributed by atoms with Crippen molar-refractivity contribution in [2.24, 2.45) is 23.7 Å². The van der Waals surface area contributed by atoms with E-state index in [4.69, 9.17) is 40.1 Å². The minimum atomic E-state index is -1.89. The monoisotopic (exact) mass is 859 g/mol. The number of fused-ring (bicyclic) bond motifs is 4. The molecule has 1 N–H and O–H groups in total. The Bertz CT molecular complexity index is 1910. The van der Waals surface area contributed by atoms with Crippen molar-refractivity contribution < 1.29 is 57.6 Å². The van der Waals surface area contributed by atoms with E-state index in [2.05, 4.69) is 6.92 Å². The van der Waals surface area contributed by atoms with Gasteiger partial charge >= 0.3 is 24.2 Å². The molecule has 2 heterocycles. The summed E-state index contributed by atoms with van der Waals surface area (Å²) in [7, 11) is 1.57. The van der Waals surface area contributed by atoms with Crippen LogP contribution in [0.5, 0.6) is 0 Å². The molecule has 0 spiro atoms. The highest BCUT2D eigenvalue weighted by atomic mass is 35.5. The molecule has 1 aromatic carbocycles. The fourth-order valence-corrected chi connectivity index (χ4v) is 10.0. The van der Waals surface area contributed by atoms with Gasteiger partial charge in [0.2, 0.25) is 12.1 Å². The van der Waals surface area contributed by atoms with Gasteiger partial charge in [-0.25, -0.2) is 19.2 Å². The van der Waals surface area contributed by atoms with E-state index in [1.54, 1.807) is 80.6 Å². The largest absolute Gasteiger partial charge is 0.509 e. The minimum absolute atomic E-state index is 0.000967. The first-order valence-electron chi connectivity index (χ1n) is 21.0. The predicted octanol–water partition coefficient (Wildman–Crippen LogP) is 7.05. The summed E-state index contributed by atoms with van der Waals surface area (Å²) in [6, 6.07) is 3.60. The van der Waals surface area contributed by atoms with Gasteiger partial charge in [0.1, 0.15) is 22.8 Å². The molecule has 2 aliphatic heterocycles. The number of esters is 2. The molecule has 16 heteroatoms. The zero-order valence-electron chi connectivity index (χ0n) is 36.9. The van der Waals surface area contributed by atoms with Crippen LogP contribution in [-0.4, -0.2) is 106 Å². The second-order valence-electron chi connectivity index (χ2n) is 19.4. The van der Waals surface area contributed by atoms with E-state index in [0.29, 0.717) is 29.8 Å². The fourth-order valence-electron chi connectivity index (χ4n) is 9.74. The number of hydroxylamine groups is 1. The molecule has 6 rings (SSSR count). The van der Waals surface area contributed by atoms with Gasteiger partial charge in [0.15, 0.2) is 17.8 Å². The Morgan fingerprint density at radius 1 is 1.00 bits per heavy atom. The number of hydrogen-bond acceptors (Lipinski definition) is 13. The lowest BCUT2D eigenvalue weighted by Gasteiger charge is -2.56. The van der Waals surface area contributed by atoms with Gasteiger partial charge in [-0.3, -0.25) is 19.6 Å². The number of likely N-dealkylation sites (tertiary alicyclic amines) is 1. The Morgan fingerprint density at radius 3 is 2.23 bits per heavy atom. The van der Waals surface area contributed by atoms with Crippen molar-refractivity contribution in [3.8, 4) is 0 Å². The van der Waals surface area contributed by atoms with Crippen molar-refractivity contribution in [1.82, 2.24) is 9.80 Å². The normalized spacial score (nSPS) is 31.7. The van der Waals surface area contributed by atoms with E-state index in [-0.39, 0.29) is 28.8 Å². The van der Waals surface area contributed by atoms with Gasteiger partial charge in [-0.1, -0.05) is 43.7 Å². The molecule has 1 aromatic rings. The van der Waals surface area contributed by atoms with Crippen molar-refractivity contribution in [2.75, 3.05) is 18.7 Å². The molecule has 10 atom stereocenters. The smallest absolute Gasteiger partial charge is 0.454 e. The molecule has 0 bridgehead atoms. The van der Waals surface area contributed by atoms with Gasteiger partial charge in [-0.2, -0.15) is 0 Å². The van der Waals surface area contributed by atoms with Crippen LogP contribution in [0.15, 0.2) is 29.8 Å². The van der Waals surface area contributed by atoms with E-state index in [9.17, 15) is 24.3 Å². The Morgan fingerprint density at radius 2 is 1.65 bits per heavy atom. The van der Waals surface area contributed by atoms with Crippen LogP contribution < -0.4 is 5.06 Å². The lowest BCUT2D eigenvalue weighted by molar-refractivity contribution is -0.227. The van der Waals surface area contributed by atoms with Crippen LogP contribution in [-0.2, 0) is 48.5 Å². The lowest BCUT2D eigenvalue weighted by atomic mass is 9.55. The molecular weight excluding hydrogens is 798 g/mol. The number of carbonyl (C=O) groups is 5. The molecule has 332 valence electrons. The maximum Gasteiger partial charge on any atom is 0.509 e. The van der Waals surface area contributed by atoms with Crippen LogP contribution in [0.2, 0.25) is 5.02 Å². The Kier molecular flexibility index (Phi) is 12.4. The van der Waals surface area contributed by atoms with Crippen LogP contribution in [0.25, 0.3) is 0 Å². The van der Waals surface area contributed by atoms with E-state index in [1.165, 1.54) is 12.0 Å². The number of anilines is 1. The number of amides is 2. The fraction of sp³-hybridized carbons (Fsp3) is 0.705. The number of benzene rings is 1. The van der Waals surface area contributed by atoms with Crippen LogP contribution in [0.4, 0.5) is 15.3 Å². The third-order valence-electron chi connectivity index (χ3n) is 12.5. The van der Waals surface area contributed by atoms with Gasteiger partial charge in [0.05, 0.1) is 10.7 Å². The number of carbonyl (C=O) groups excluding carboxylic acids is 5. The van der Waals surface area contributed by atoms with Crippen LogP contribution >= 0.6 is 11.6 Å². The van der Waals surface area contributed by atoms with Crippen LogP contribution in [0.3, 0.4) is 0 Å². The predicted molar refractivity (Wildman–Crippen MR) is 219 cm³/mol. The quantitative estimate of drug-likeness (QED) is 0.160. The van der Waals surface area contributed by atoms with Crippen LogP contribution in [0.1, 0.15) is 114 Å². The molecule has 60 heavy (non-hydrogen) atoms. The number of nitrogens with zero attached hydrogens (tertiary/aromatic N) is 3. The van der Waals surface area contributed by atoms with Gasteiger partial charge < -0.3 is 33.7 Å². The first-order valence-corrected chi connectivity index (χ1v) is 21.3. The number of halogens is 1. The summed E-state index contributed by atoms with van der Waals surface area (Å²) in [5, 5.41) is 14.8. The highest BCUT2D eigenvalue weighted by Crippen LogP contribution is 2.56. The van der Waals surface area contributed by atoms with Gasteiger partial charge in [-0.05, 0) is 104 Å². The Balaban J connectivity index is 1.44. The molecule has 0 aromatic heterocycles. The summed E-state index contributed by atoms with van der Waals surface area (Å²) in [5.41, 5.74) is -4.42. The number of hydrogen-bond donors (Lipinski definition) is 1. The van der Waals surface area contributed by atoms with Gasteiger partial charge in [-0.15, -0.1) is 0 Å². The highest BCUT2D eigenvalue weighted by molar-refractivity contribution is 6.33. The van der Waals surface area contributed by atoms with Crippen molar-refractivity contribution >= 4 is 47.4 Å². The minimum Gasteiger partial charge on any atom is -0.454 e. The zero-order chi connectivity index (χ0) is 44.4. The molecular formula is C44H62ClN3O12. The van der Waals surface area contributed by atoms with Crippen molar-refractivity contribution in [2.45, 2.75) is 161 Å². The van der Waals surface area contributed by atoms with Gasteiger partial charge in [0, 0.05) is 51.4 Å². The third kappa shape index (κ3) is 8.68. The number of rotatable bonds is 8. The van der Waals surface area contributed by atoms with Crippen molar-refractivity contribution in [3.05, 3.63) is 40.4 Å². The average molecular weight is 860 g/mol. The lowest BCUT2D eigenvalue weighted by Crippen LogP contribution is -2.66. The van der Waals surface area contributed by atoms with Crippen molar-refractivity contribution in [1.29, 1.82) is 0 Å². The summed E-state index contributed by atoms with van der Waals surface area (Å²) >= 11 is 6.72. The molecule has 3 aliphatic carbocycles. The Hall–Kier alpha value is -4.08. The van der Waals surface area contributed by atoms with E-state index < -0.39 is 89.3 Å². The molecule has 1 unspecified atom stereocenters. The molecule has 2 amide bonds. The van der Waals surface area contributed by atoms with Crippen LogP contribution in [0, 0.1) is 23.7 Å². The summed E-state index contributed by atoms with van der Waals surface area (Å²) in [5.74, 6) is -2.82. The van der Waals surface area contributed by atoms with E-state index in [1.807, 2.05) is 17.9 Å². The first-order chi connectivity index (χ1) is 27.8. The average Bonchev–Trinajstić information content (AvgIpc) is 3.89. The maximum atomic E-state index is 15.2. The summed E-state index contributed by atoms with van der Waals surface area (Å²) in [4.78, 5) is 78.0. The zero-order valence-corrected chi connectivity index (χ0v) is 37.7. The topological polar surface area (TPSA) is 171 Å². The summed E-state index contributed by atoms with van der Waals surface area (Å²) in [6.45, 7) is 19.1. The first kappa shape index (κ1) is 45.4. The third-order valence-corrected chi connectivity index (χ3v) is 12.8. The second-order valence-corrected chi connectivity index (χ2v) is 19.8. The molecule has 2 saturated carbocycles. The SMILES string of the molecule is CC(=O)O[C@@H]1C(C)=C[C@@H]2[C@H](C(C)CN(C(C)=O)C3CC3)CC[C@@H](C)[C@]2(O)[C@H]1OC(=O)[C@@H]1C[C@@]2(OC(=O)OC(C)(C)C)c3cccc(Cl)c3N(C)O[C@H]2N1C(=O)OC(C)(C)C. The molecule has 0 radical (unpaired) electrons. The Labute approximate surface area is 357 Å². The van der Waals surface area contributed by atoms with Crippen molar-refractivity contribution in [3.63, 3.8) is 0 Å². The standard InChI is InChI=1S/C44H62ClN3O12/c1-23-20-31-29(24(2)22-47(26(4)49)28-17-18-28)19-16-25(3)44(31,54)36(35(23)55-27(5)50)56-37(51)33-21-43(59-40(53)58-42(9,10)11)30-14-13-15-32(45)34(30)46(12)60-38(43)48(33)39(52)57-41(6,7)8/h13-15,20,24-25,28-29,31,33,35-36,38,54H,16-19,21-22H2,1-12H3/t24?,25-,29+,31-,33+,35-,36+,38-,43-,44-/m1/s1.